The number of hydrogen-bond acceptors (Lipinski definition) is 6. The van der Waals surface area contributed by atoms with E-state index in [1.165, 1.54) is 0 Å². The van der Waals surface area contributed by atoms with Gasteiger partial charge >= 0.3 is 5.97 Å². The molecule has 2 unspecified atom stereocenters. The van der Waals surface area contributed by atoms with Crippen molar-refractivity contribution in [3.8, 4) is 11.1 Å². The van der Waals surface area contributed by atoms with Crippen LogP contribution in [0.3, 0.4) is 0 Å². The van der Waals surface area contributed by atoms with E-state index in [4.69, 9.17) is 33.9 Å². The maximum Gasteiger partial charge on any atom is 0.336 e. The number of carbonyl (C=O) groups excluding carboxylic acids is 1. The minimum absolute atomic E-state index is 0.0654. The van der Waals surface area contributed by atoms with Gasteiger partial charge in [0.2, 0.25) is 5.91 Å². The first-order valence-electron chi connectivity index (χ1n) is 14.6. The van der Waals surface area contributed by atoms with E-state index < -0.39 is 12.0 Å². The number of piperidine rings is 1. The number of fused-ring (bicyclic) bond motifs is 1. The molecule has 1 aromatic heterocycles. The second kappa shape index (κ2) is 12.9. The zero-order chi connectivity index (χ0) is 30.8. The molecule has 2 aliphatic rings. The van der Waals surface area contributed by atoms with Crippen LogP contribution < -0.4 is 16.0 Å². The summed E-state index contributed by atoms with van der Waals surface area (Å²) in [4.78, 5) is 34.3. The highest BCUT2D eigenvalue weighted by Gasteiger charge is 2.35. The van der Waals surface area contributed by atoms with Crippen LogP contribution in [-0.4, -0.2) is 52.5 Å². The van der Waals surface area contributed by atoms with Crippen molar-refractivity contribution in [2.45, 2.75) is 37.9 Å². The fourth-order valence-electron chi connectivity index (χ4n) is 6.44. The van der Waals surface area contributed by atoms with Crippen molar-refractivity contribution >= 4 is 46.6 Å². The number of primary amides is 1. The van der Waals surface area contributed by atoms with Crippen molar-refractivity contribution in [1.29, 1.82) is 0 Å². The zero-order valence-corrected chi connectivity index (χ0v) is 25.6. The summed E-state index contributed by atoms with van der Waals surface area (Å²) in [6, 6.07) is 22.3. The first kappa shape index (κ1) is 29.9. The van der Waals surface area contributed by atoms with Gasteiger partial charge in [-0.25, -0.2) is 9.78 Å². The van der Waals surface area contributed by atoms with Gasteiger partial charge in [0, 0.05) is 53.5 Å². The summed E-state index contributed by atoms with van der Waals surface area (Å²) in [7, 11) is 0. The summed E-state index contributed by atoms with van der Waals surface area (Å²) in [5.41, 5.74) is 11.2. The first-order chi connectivity index (χ1) is 21.3. The Hall–Kier alpha value is -4.11. The third kappa shape index (κ3) is 6.24. The molecule has 10 heteroatoms. The molecular formula is C34H33Cl2N5O3. The van der Waals surface area contributed by atoms with E-state index in [0.717, 1.165) is 34.6 Å². The molecule has 6 rings (SSSR count). The molecule has 1 saturated heterocycles. The molecule has 3 aromatic carbocycles. The Morgan fingerprint density at radius 3 is 2.59 bits per heavy atom. The van der Waals surface area contributed by atoms with Crippen LogP contribution in [0.15, 0.2) is 79.0 Å². The summed E-state index contributed by atoms with van der Waals surface area (Å²) in [5, 5.41) is 14.9. The van der Waals surface area contributed by atoms with Crippen molar-refractivity contribution < 1.29 is 14.7 Å². The minimum atomic E-state index is -1.02. The number of likely N-dealkylation sites (tertiary alicyclic amines) is 1. The topological polar surface area (TPSA) is 112 Å². The van der Waals surface area contributed by atoms with Gasteiger partial charge in [0.05, 0.1) is 17.3 Å². The molecule has 1 amide bonds. The SMILES string of the molecule is NC(=O)C1CC(c2cccc(C(=O)O)c2-c2cnc3c(c2)N(Cc2cc(Cl)ccc2Cl)CCN3)CCN1Cc1ccccc1. The second-order valence-corrected chi connectivity index (χ2v) is 12.2. The van der Waals surface area contributed by atoms with Crippen LogP contribution in [0.5, 0.6) is 0 Å². The van der Waals surface area contributed by atoms with Crippen molar-refractivity contribution in [1.82, 2.24) is 9.88 Å². The first-order valence-corrected chi connectivity index (χ1v) is 15.4. The summed E-state index contributed by atoms with van der Waals surface area (Å²) >= 11 is 12.8. The van der Waals surface area contributed by atoms with Crippen LogP contribution >= 0.6 is 23.2 Å². The zero-order valence-electron chi connectivity index (χ0n) is 24.0. The Bertz CT molecular complexity index is 1700. The number of pyridine rings is 1. The van der Waals surface area contributed by atoms with E-state index in [1.54, 1.807) is 30.5 Å². The number of aromatic carboxylic acids is 1. The van der Waals surface area contributed by atoms with Crippen molar-refractivity contribution in [3.05, 3.63) is 111 Å². The number of carboxylic acids is 1. The molecule has 226 valence electrons. The maximum atomic E-state index is 12.7. The minimum Gasteiger partial charge on any atom is -0.478 e. The number of nitrogens with two attached hydrogens (primary N) is 1. The molecular weight excluding hydrogens is 597 g/mol. The quantitative estimate of drug-likeness (QED) is 0.206. The van der Waals surface area contributed by atoms with Gasteiger partial charge < -0.3 is 21.1 Å². The number of halogens is 2. The molecule has 2 atom stereocenters. The Kier molecular flexibility index (Phi) is 8.75. The maximum absolute atomic E-state index is 12.7. The number of benzene rings is 3. The van der Waals surface area contributed by atoms with Gasteiger partial charge in [-0.3, -0.25) is 9.69 Å². The Balaban J connectivity index is 1.36. The van der Waals surface area contributed by atoms with E-state index in [2.05, 4.69) is 15.1 Å². The lowest BCUT2D eigenvalue weighted by molar-refractivity contribution is -0.124. The molecule has 0 saturated carbocycles. The molecule has 44 heavy (non-hydrogen) atoms. The lowest BCUT2D eigenvalue weighted by Gasteiger charge is -2.38. The summed E-state index contributed by atoms with van der Waals surface area (Å²) in [6.07, 6.45) is 2.98. The molecule has 4 N–H and O–H groups in total. The van der Waals surface area contributed by atoms with Gasteiger partial charge in [-0.2, -0.15) is 0 Å². The number of anilines is 2. The Morgan fingerprint density at radius 2 is 1.82 bits per heavy atom. The van der Waals surface area contributed by atoms with Crippen LogP contribution in [0.4, 0.5) is 11.5 Å². The van der Waals surface area contributed by atoms with Gasteiger partial charge in [0.15, 0.2) is 0 Å². The Labute approximate surface area is 266 Å². The number of aromatic nitrogens is 1. The van der Waals surface area contributed by atoms with E-state index in [0.29, 0.717) is 60.3 Å². The number of hydrogen-bond donors (Lipinski definition) is 3. The van der Waals surface area contributed by atoms with Gasteiger partial charge in [0.25, 0.3) is 0 Å². The standard InChI is InChI=1S/C34H33Cl2N5O3/c35-25-9-10-28(36)24(15-25)20-41-14-12-38-33-30(41)17-23(18-39-33)31-26(7-4-8-27(31)34(43)44)22-11-13-40(29(16-22)32(37)42)19-21-5-2-1-3-6-21/h1-10,15,17-18,22,29H,11-14,16,19-20H2,(H2,37,42)(H,38,39)(H,43,44). The van der Waals surface area contributed by atoms with Gasteiger partial charge in [0.1, 0.15) is 5.82 Å². The highest BCUT2D eigenvalue weighted by atomic mass is 35.5. The van der Waals surface area contributed by atoms with Crippen LogP contribution in [-0.2, 0) is 17.9 Å². The monoisotopic (exact) mass is 629 g/mol. The summed E-state index contributed by atoms with van der Waals surface area (Å²) < 4.78 is 0. The largest absolute Gasteiger partial charge is 0.478 e. The van der Waals surface area contributed by atoms with Crippen molar-refractivity contribution in [2.24, 2.45) is 5.73 Å². The predicted molar refractivity (Wildman–Crippen MR) is 174 cm³/mol. The van der Waals surface area contributed by atoms with Crippen LogP contribution in [0.2, 0.25) is 10.0 Å². The van der Waals surface area contributed by atoms with Crippen molar-refractivity contribution in [3.63, 3.8) is 0 Å². The van der Waals surface area contributed by atoms with Gasteiger partial charge in [-0.05, 0) is 72.3 Å². The number of carboxylic acid groups (broad SMARTS) is 1. The fourth-order valence-corrected chi connectivity index (χ4v) is 6.81. The predicted octanol–water partition coefficient (Wildman–Crippen LogP) is 6.42. The molecule has 4 aromatic rings. The molecule has 2 aliphatic heterocycles. The molecule has 0 radical (unpaired) electrons. The number of rotatable bonds is 8. The van der Waals surface area contributed by atoms with E-state index in [-0.39, 0.29) is 17.4 Å². The number of carbonyl (C=O) groups is 2. The van der Waals surface area contributed by atoms with Crippen LogP contribution in [0.25, 0.3) is 11.1 Å². The molecule has 1 fully saturated rings. The van der Waals surface area contributed by atoms with Crippen LogP contribution in [0.1, 0.15) is 45.8 Å². The average Bonchev–Trinajstić information content (AvgIpc) is 3.03. The molecule has 8 nitrogen and oxygen atoms in total. The van der Waals surface area contributed by atoms with Crippen molar-refractivity contribution in [2.75, 3.05) is 29.9 Å². The third-order valence-electron chi connectivity index (χ3n) is 8.58. The Morgan fingerprint density at radius 1 is 1.00 bits per heavy atom. The highest BCUT2D eigenvalue weighted by Crippen LogP contribution is 2.42. The van der Waals surface area contributed by atoms with Gasteiger partial charge in [-0.15, -0.1) is 0 Å². The van der Waals surface area contributed by atoms with E-state index in [9.17, 15) is 14.7 Å². The normalized spacial score (nSPS) is 18.4. The van der Waals surface area contributed by atoms with E-state index in [1.807, 2.05) is 48.5 Å². The van der Waals surface area contributed by atoms with E-state index >= 15 is 0 Å². The molecule has 0 spiro atoms. The van der Waals surface area contributed by atoms with Gasteiger partial charge in [-0.1, -0.05) is 65.7 Å². The number of nitrogens with one attached hydrogen (secondary N) is 1. The average molecular weight is 631 g/mol. The molecule has 0 aliphatic carbocycles. The molecule has 3 heterocycles. The fraction of sp³-hybridized carbons (Fsp3) is 0.265. The lowest BCUT2D eigenvalue weighted by atomic mass is 9.80. The third-order valence-corrected chi connectivity index (χ3v) is 9.18. The number of amides is 1. The summed E-state index contributed by atoms with van der Waals surface area (Å²) in [5.74, 6) is -0.744. The van der Waals surface area contributed by atoms with Crippen LogP contribution in [0, 0.1) is 0 Å². The summed E-state index contributed by atoms with van der Waals surface area (Å²) in [6.45, 7) is 3.20. The highest BCUT2D eigenvalue weighted by molar-refractivity contribution is 6.33. The number of nitrogens with zero attached hydrogens (tertiary/aromatic N) is 3. The second-order valence-electron chi connectivity index (χ2n) is 11.3. The smallest absolute Gasteiger partial charge is 0.336 e. The lowest BCUT2D eigenvalue weighted by Crippen LogP contribution is -2.48. The molecule has 0 bridgehead atoms.